The van der Waals surface area contributed by atoms with Gasteiger partial charge in [-0.1, -0.05) is 6.07 Å². The standard InChI is InChI=1S/C7H8NO2S/c1-11(9,10)7-4-2-3-6(8)5-7/h2-3,5H,8H2,1H3. The van der Waals surface area contributed by atoms with Gasteiger partial charge in [-0.15, -0.1) is 0 Å². The molecule has 0 spiro atoms. The molecule has 1 radical (unpaired) electrons. The lowest BCUT2D eigenvalue weighted by Crippen LogP contribution is -1.97. The predicted octanol–water partition coefficient (Wildman–Crippen LogP) is 0.472. The Hall–Kier alpha value is -1.03. The molecule has 1 aromatic rings. The first kappa shape index (κ1) is 8.07. The minimum absolute atomic E-state index is 0.137. The monoisotopic (exact) mass is 170 g/mol. The second-order valence-electron chi connectivity index (χ2n) is 2.26. The highest BCUT2D eigenvalue weighted by molar-refractivity contribution is 7.90. The van der Waals surface area contributed by atoms with Crippen LogP contribution in [-0.4, -0.2) is 14.7 Å². The Balaban J connectivity index is 3.28. The Morgan fingerprint density at radius 3 is 2.55 bits per heavy atom. The first-order chi connectivity index (χ1) is 5.00. The summed E-state index contributed by atoms with van der Waals surface area (Å²) in [6.45, 7) is 0. The van der Waals surface area contributed by atoms with E-state index in [1.54, 1.807) is 6.07 Å². The molecule has 0 aliphatic rings. The summed E-state index contributed by atoms with van der Waals surface area (Å²) in [7, 11) is -3.16. The molecule has 0 aliphatic heterocycles. The first-order valence-corrected chi connectivity index (χ1v) is 4.86. The van der Waals surface area contributed by atoms with E-state index in [0.717, 1.165) is 6.26 Å². The number of rotatable bonds is 1. The molecule has 1 aromatic carbocycles. The maximum Gasteiger partial charge on any atom is 0.176 e. The third-order valence-corrected chi connectivity index (χ3v) is 2.23. The molecule has 2 N–H and O–H groups in total. The molecule has 11 heavy (non-hydrogen) atoms. The number of sulfone groups is 1. The largest absolute Gasteiger partial charge is 0.399 e. The minimum atomic E-state index is -3.16. The fourth-order valence-corrected chi connectivity index (χ4v) is 1.31. The van der Waals surface area contributed by atoms with Crippen LogP contribution >= 0.6 is 0 Å². The molecule has 4 heteroatoms. The van der Waals surface area contributed by atoms with Crippen molar-refractivity contribution in [2.45, 2.75) is 4.90 Å². The van der Waals surface area contributed by atoms with Crippen molar-refractivity contribution in [2.75, 3.05) is 12.0 Å². The van der Waals surface area contributed by atoms with Gasteiger partial charge >= 0.3 is 0 Å². The van der Waals surface area contributed by atoms with Gasteiger partial charge in [0.15, 0.2) is 9.84 Å². The van der Waals surface area contributed by atoms with Gasteiger partial charge in [-0.3, -0.25) is 0 Å². The minimum Gasteiger partial charge on any atom is -0.399 e. The van der Waals surface area contributed by atoms with Crippen LogP contribution in [0.5, 0.6) is 0 Å². The molecule has 0 bridgehead atoms. The number of benzene rings is 1. The van der Waals surface area contributed by atoms with Crippen molar-refractivity contribution in [3.8, 4) is 0 Å². The Kier molecular flexibility index (Phi) is 1.87. The zero-order valence-corrected chi connectivity index (χ0v) is 6.85. The SMILES string of the molecule is CS(=O)(=O)c1[c]ccc(N)c1. The number of anilines is 1. The summed E-state index contributed by atoms with van der Waals surface area (Å²) in [6, 6.07) is 7.05. The fourth-order valence-electron chi connectivity index (χ4n) is 0.675. The van der Waals surface area contributed by atoms with Gasteiger partial charge in [0.25, 0.3) is 0 Å². The average molecular weight is 170 g/mol. The van der Waals surface area contributed by atoms with Gasteiger partial charge < -0.3 is 5.73 Å². The third-order valence-electron chi connectivity index (χ3n) is 1.20. The van der Waals surface area contributed by atoms with E-state index in [-0.39, 0.29) is 4.90 Å². The van der Waals surface area contributed by atoms with Crippen molar-refractivity contribution in [1.82, 2.24) is 0 Å². The van der Waals surface area contributed by atoms with Crippen molar-refractivity contribution in [3.05, 3.63) is 24.3 Å². The highest BCUT2D eigenvalue weighted by Gasteiger charge is 2.05. The lowest BCUT2D eigenvalue weighted by atomic mass is 10.3. The van der Waals surface area contributed by atoms with E-state index < -0.39 is 9.84 Å². The van der Waals surface area contributed by atoms with Crippen molar-refractivity contribution >= 4 is 15.5 Å². The van der Waals surface area contributed by atoms with E-state index in [4.69, 9.17) is 5.73 Å². The van der Waals surface area contributed by atoms with Crippen LogP contribution in [0.3, 0.4) is 0 Å². The molecular weight excluding hydrogens is 162 g/mol. The first-order valence-electron chi connectivity index (χ1n) is 2.97. The Morgan fingerprint density at radius 1 is 1.55 bits per heavy atom. The summed E-state index contributed by atoms with van der Waals surface area (Å²) in [5.41, 5.74) is 5.81. The van der Waals surface area contributed by atoms with Crippen molar-refractivity contribution < 1.29 is 8.42 Å². The van der Waals surface area contributed by atoms with Gasteiger partial charge in [0, 0.05) is 18.0 Å². The second kappa shape index (κ2) is 2.54. The van der Waals surface area contributed by atoms with Crippen LogP contribution in [0.4, 0.5) is 5.69 Å². The van der Waals surface area contributed by atoms with Gasteiger partial charge in [-0.25, -0.2) is 8.42 Å². The van der Waals surface area contributed by atoms with Crippen LogP contribution < -0.4 is 5.73 Å². The van der Waals surface area contributed by atoms with Crippen LogP contribution in [0, 0.1) is 6.07 Å². The zero-order valence-electron chi connectivity index (χ0n) is 6.03. The molecular formula is C7H8NO2S. The Labute approximate surface area is 65.8 Å². The molecule has 0 atom stereocenters. The summed E-state index contributed by atoms with van der Waals surface area (Å²) in [5, 5.41) is 0. The van der Waals surface area contributed by atoms with Crippen molar-refractivity contribution in [3.63, 3.8) is 0 Å². The highest BCUT2D eigenvalue weighted by Crippen LogP contribution is 2.10. The van der Waals surface area contributed by atoms with Gasteiger partial charge in [0.2, 0.25) is 0 Å². The molecule has 3 nitrogen and oxygen atoms in total. The zero-order chi connectivity index (χ0) is 8.48. The smallest absolute Gasteiger partial charge is 0.176 e. The van der Waals surface area contributed by atoms with Gasteiger partial charge in [-0.2, -0.15) is 0 Å². The number of nitrogen functional groups attached to an aromatic ring is 1. The molecule has 0 fully saturated rings. The molecule has 0 amide bonds. The maximum atomic E-state index is 10.9. The fraction of sp³-hybridized carbons (Fsp3) is 0.143. The lowest BCUT2D eigenvalue weighted by molar-refractivity contribution is 0.602. The van der Waals surface area contributed by atoms with E-state index in [9.17, 15) is 8.42 Å². The van der Waals surface area contributed by atoms with Gasteiger partial charge in [0.1, 0.15) is 0 Å². The topological polar surface area (TPSA) is 60.2 Å². The van der Waals surface area contributed by atoms with Crippen LogP contribution in [-0.2, 0) is 9.84 Å². The summed E-state index contributed by atoms with van der Waals surface area (Å²) >= 11 is 0. The molecule has 0 heterocycles. The Bertz CT molecular complexity index is 356. The summed E-state index contributed by atoms with van der Waals surface area (Å²) in [4.78, 5) is 0.137. The van der Waals surface area contributed by atoms with Crippen LogP contribution in [0.2, 0.25) is 0 Å². The Morgan fingerprint density at radius 2 is 2.18 bits per heavy atom. The molecule has 0 aliphatic carbocycles. The van der Waals surface area contributed by atoms with Crippen LogP contribution in [0.1, 0.15) is 0 Å². The van der Waals surface area contributed by atoms with Gasteiger partial charge in [0.05, 0.1) is 4.90 Å². The summed E-state index contributed by atoms with van der Waals surface area (Å²) in [5.74, 6) is 0. The quantitative estimate of drug-likeness (QED) is 0.623. The molecule has 0 saturated carbocycles. The van der Waals surface area contributed by atoms with Crippen LogP contribution in [0.15, 0.2) is 23.1 Å². The third kappa shape index (κ3) is 1.94. The molecule has 59 valence electrons. The van der Waals surface area contributed by atoms with E-state index in [0.29, 0.717) is 5.69 Å². The summed E-state index contributed by atoms with van der Waals surface area (Å²) < 4.78 is 21.8. The van der Waals surface area contributed by atoms with Crippen LogP contribution in [0.25, 0.3) is 0 Å². The van der Waals surface area contributed by atoms with E-state index >= 15 is 0 Å². The van der Waals surface area contributed by atoms with E-state index in [1.807, 2.05) is 0 Å². The van der Waals surface area contributed by atoms with Crippen molar-refractivity contribution in [1.29, 1.82) is 0 Å². The van der Waals surface area contributed by atoms with Gasteiger partial charge in [-0.05, 0) is 12.1 Å². The molecule has 1 rings (SSSR count). The molecule has 0 aromatic heterocycles. The number of hydrogen-bond donors (Lipinski definition) is 1. The average Bonchev–Trinajstić information content (AvgIpc) is 1.86. The predicted molar refractivity (Wildman–Crippen MR) is 42.8 cm³/mol. The number of nitrogens with two attached hydrogens (primary N) is 1. The number of hydrogen-bond acceptors (Lipinski definition) is 3. The summed E-state index contributed by atoms with van der Waals surface area (Å²) in [6.07, 6.45) is 1.12. The van der Waals surface area contributed by atoms with E-state index in [2.05, 4.69) is 6.07 Å². The molecule has 0 saturated heterocycles. The van der Waals surface area contributed by atoms with Crippen molar-refractivity contribution in [2.24, 2.45) is 0 Å². The normalized spacial score (nSPS) is 11.4. The second-order valence-corrected chi connectivity index (χ2v) is 4.24. The molecule has 0 unspecified atom stereocenters. The maximum absolute atomic E-state index is 10.9. The highest BCUT2D eigenvalue weighted by atomic mass is 32.2. The van der Waals surface area contributed by atoms with E-state index in [1.165, 1.54) is 12.1 Å². The lowest BCUT2D eigenvalue weighted by Gasteiger charge is -1.96.